The number of anilines is 1. The molecule has 232 valence electrons. The highest BCUT2D eigenvalue weighted by molar-refractivity contribution is 5.98. The van der Waals surface area contributed by atoms with Crippen LogP contribution in [0.5, 0.6) is 11.5 Å². The third-order valence-electron chi connectivity index (χ3n) is 7.09. The molecular formula is C32H45N7O4. The molecule has 5 rings (SSSR count). The van der Waals surface area contributed by atoms with Crippen molar-refractivity contribution in [2.45, 2.75) is 32.7 Å². The summed E-state index contributed by atoms with van der Waals surface area (Å²) in [7, 11) is 0. The van der Waals surface area contributed by atoms with Gasteiger partial charge >= 0.3 is 0 Å². The molecule has 11 nitrogen and oxygen atoms in total. The van der Waals surface area contributed by atoms with Gasteiger partial charge in [0.1, 0.15) is 29.3 Å². The van der Waals surface area contributed by atoms with Crippen LogP contribution in [0, 0.1) is 0 Å². The average Bonchev–Trinajstić information content (AvgIpc) is 3.45. The zero-order valence-electron chi connectivity index (χ0n) is 25.4. The van der Waals surface area contributed by atoms with Crippen molar-refractivity contribution >= 4 is 16.9 Å². The van der Waals surface area contributed by atoms with Crippen molar-refractivity contribution in [2.24, 2.45) is 5.73 Å². The average molecular weight is 592 g/mol. The number of ether oxygens (including phenoxy) is 4. The number of likely N-dealkylation sites (tertiary alicyclic amines) is 1. The molecule has 0 unspecified atom stereocenters. The summed E-state index contributed by atoms with van der Waals surface area (Å²) in [4.78, 5) is 11.3. The Bertz CT molecular complexity index is 1340. The summed E-state index contributed by atoms with van der Waals surface area (Å²) in [6.45, 7) is 10.9. The molecular weight excluding hydrogens is 546 g/mol. The summed E-state index contributed by atoms with van der Waals surface area (Å²) in [5.74, 6) is 1.98. The van der Waals surface area contributed by atoms with Gasteiger partial charge in [-0.3, -0.25) is 0 Å². The van der Waals surface area contributed by atoms with Gasteiger partial charge in [0.2, 0.25) is 0 Å². The SMILES string of the molecule is CC.NCCOCCOCCOCCN1CCC(n2nc(-c3ccc(Oc4ccccc4)cc3)c3c(N)ncnc32)CC1. The number of fused-ring (bicyclic) bond motifs is 1. The quantitative estimate of drug-likeness (QED) is 0.190. The van der Waals surface area contributed by atoms with Gasteiger partial charge in [0.05, 0.1) is 51.1 Å². The molecule has 1 aliphatic rings. The Morgan fingerprint density at radius 1 is 0.791 bits per heavy atom. The molecule has 0 atom stereocenters. The second kappa shape index (κ2) is 17.5. The van der Waals surface area contributed by atoms with Gasteiger partial charge in [0.15, 0.2) is 5.65 Å². The first-order valence-electron chi connectivity index (χ1n) is 15.2. The van der Waals surface area contributed by atoms with E-state index in [9.17, 15) is 0 Å². The minimum absolute atomic E-state index is 0.230. The van der Waals surface area contributed by atoms with Crippen molar-refractivity contribution < 1.29 is 18.9 Å². The molecule has 0 spiro atoms. The van der Waals surface area contributed by atoms with Gasteiger partial charge in [0.25, 0.3) is 0 Å². The molecule has 0 amide bonds. The highest BCUT2D eigenvalue weighted by Gasteiger charge is 2.26. The Labute approximate surface area is 254 Å². The second-order valence-corrected chi connectivity index (χ2v) is 9.89. The van der Waals surface area contributed by atoms with E-state index in [1.54, 1.807) is 0 Å². The number of nitrogen functional groups attached to an aromatic ring is 1. The topological polar surface area (TPSA) is 136 Å². The molecule has 1 saturated heterocycles. The molecule has 43 heavy (non-hydrogen) atoms. The lowest BCUT2D eigenvalue weighted by Crippen LogP contribution is -2.37. The Morgan fingerprint density at radius 3 is 2.09 bits per heavy atom. The van der Waals surface area contributed by atoms with E-state index in [1.807, 2.05) is 73.1 Å². The molecule has 0 aliphatic carbocycles. The van der Waals surface area contributed by atoms with Crippen LogP contribution < -0.4 is 16.2 Å². The van der Waals surface area contributed by atoms with Crippen LogP contribution in [0.15, 0.2) is 60.9 Å². The standard InChI is InChI=1S/C30H39N7O4.C2H6/c31-12-16-38-18-20-40-21-19-39-17-15-36-13-10-24(11-14-36)37-30-27(29(32)33-22-34-30)28(35-37)23-6-8-26(9-7-23)41-25-4-2-1-3-5-25;1-2/h1-9,22,24H,10-21,31H2,(H2,32,33,34);1-2H3. The van der Waals surface area contributed by atoms with Crippen molar-refractivity contribution in [2.75, 3.05) is 71.6 Å². The number of hydrogen-bond acceptors (Lipinski definition) is 10. The Balaban J connectivity index is 0.00000207. The van der Waals surface area contributed by atoms with E-state index < -0.39 is 0 Å². The zero-order chi connectivity index (χ0) is 30.3. The predicted octanol–water partition coefficient (Wildman–Crippen LogP) is 4.54. The van der Waals surface area contributed by atoms with E-state index in [2.05, 4.69) is 14.9 Å². The fourth-order valence-electron chi connectivity index (χ4n) is 4.96. The molecule has 0 bridgehead atoms. The molecule has 4 N–H and O–H groups in total. The van der Waals surface area contributed by atoms with E-state index >= 15 is 0 Å². The maximum atomic E-state index is 6.35. The van der Waals surface area contributed by atoms with Crippen LogP contribution in [-0.2, 0) is 14.2 Å². The van der Waals surface area contributed by atoms with Crippen LogP contribution in [0.4, 0.5) is 5.82 Å². The lowest BCUT2D eigenvalue weighted by molar-refractivity contribution is 0.0102. The molecule has 1 fully saturated rings. The number of piperidine rings is 1. The van der Waals surface area contributed by atoms with Gasteiger partial charge in [-0.2, -0.15) is 5.10 Å². The van der Waals surface area contributed by atoms with Crippen LogP contribution in [0.1, 0.15) is 32.7 Å². The highest BCUT2D eigenvalue weighted by atomic mass is 16.5. The van der Waals surface area contributed by atoms with E-state index in [4.69, 9.17) is 35.5 Å². The molecule has 11 heteroatoms. The first kappa shape index (κ1) is 32.3. The van der Waals surface area contributed by atoms with Crippen LogP contribution >= 0.6 is 0 Å². The van der Waals surface area contributed by atoms with Gasteiger partial charge in [-0.15, -0.1) is 0 Å². The highest BCUT2D eigenvalue weighted by Crippen LogP contribution is 2.35. The smallest absolute Gasteiger partial charge is 0.164 e. The Morgan fingerprint density at radius 2 is 1.42 bits per heavy atom. The first-order chi connectivity index (χ1) is 21.2. The molecule has 0 radical (unpaired) electrons. The normalized spacial score (nSPS) is 14.0. The summed E-state index contributed by atoms with van der Waals surface area (Å²) in [5.41, 5.74) is 14.2. The molecule has 1 aliphatic heterocycles. The number of nitrogens with two attached hydrogens (primary N) is 2. The predicted molar refractivity (Wildman–Crippen MR) is 169 cm³/mol. The minimum Gasteiger partial charge on any atom is -0.457 e. The zero-order valence-corrected chi connectivity index (χ0v) is 25.4. The molecule has 2 aromatic heterocycles. The van der Waals surface area contributed by atoms with Crippen molar-refractivity contribution in [1.29, 1.82) is 0 Å². The van der Waals surface area contributed by atoms with Gasteiger partial charge in [-0.1, -0.05) is 32.0 Å². The van der Waals surface area contributed by atoms with Crippen molar-refractivity contribution in [3.8, 4) is 22.8 Å². The Kier molecular flexibility index (Phi) is 13.1. The van der Waals surface area contributed by atoms with E-state index in [-0.39, 0.29) is 6.04 Å². The number of nitrogens with zero attached hydrogens (tertiary/aromatic N) is 5. The van der Waals surface area contributed by atoms with E-state index in [1.165, 1.54) is 6.33 Å². The fourth-order valence-corrected chi connectivity index (χ4v) is 4.96. The third kappa shape index (κ3) is 9.19. The maximum absolute atomic E-state index is 6.35. The summed E-state index contributed by atoms with van der Waals surface area (Å²) < 4.78 is 24.5. The third-order valence-corrected chi connectivity index (χ3v) is 7.09. The molecule has 0 saturated carbocycles. The number of benzene rings is 2. The second-order valence-electron chi connectivity index (χ2n) is 9.89. The van der Waals surface area contributed by atoms with E-state index in [0.717, 1.165) is 66.3 Å². The lowest BCUT2D eigenvalue weighted by atomic mass is 10.1. The number of hydrogen-bond donors (Lipinski definition) is 2. The summed E-state index contributed by atoms with van der Waals surface area (Å²) in [5, 5.41) is 5.82. The summed E-state index contributed by atoms with van der Waals surface area (Å²) in [6.07, 6.45) is 3.45. The lowest BCUT2D eigenvalue weighted by Gasteiger charge is -2.32. The monoisotopic (exact) mass is 591 g/mol. The van der Waals surface area contributed by atoms with Gasteiger partial charge in [0, 0.05) is 31.7 Å². The minimum atomic E-state index is 0.230. The van der Waals surface area contributed by atoms with Crippen LogP contribution in [0.3, 0.4) is 0 Å². The first-order valence-corrected chi connectivity index (χ1v) is 15.2. The van der Waals surface area contributed by atoms with Crippen LogP contribution in [0.25, 0.3) is 22.3 Å². The van der Waals surface area contributed by atoms with Crippen molar-refractivity contribution in [3.05, 3.63) is 60.9 Å². The van der Waals surface area contributed by atoms with Crippen molar-refractivity contribution in [1.82, 2.24) is 24.6 Å². The Hall–Kier alpha value is -3.61. The van der Waals surface area contributed by atoms with Crippen molar-refractivity contribution in [3.63, 3.8) is 0 Å². The number of rotatable bonds is 15. The fraction of sp³-hybridized carbons (Fsp3) is 0.469. The molecule has 4 aromatic rings. The van der Waals surface area contributed by atoms with Gasteiger partial charge < -0.3 is 35.3 Å². The summed E-state index contributed by atoms with van der Waals surface area (Å²) in [6, 6.07) is 17.8. The summed E-state index contributed by atoms with van der Waals surface area (Å²) >= 11 is 0. The van der Waals surface area contributed by atoms with E-state index in [0.29, 0.717) is 52.0 Å². The molecule has 3 heterocycles. The largest absolute Gasteiger partial charge is 0.457 e. The number of aromatic nitrogens is 4. The van der Waals surface area contributed by atoms with Gasteiger partial charge in [-0.25, -0.2) is 14.6 Å². The molecule has 2 aromatic carbocycles. The van der Waals surface area contributed by atoms with Crippen LogP contribution in [0.2, 0.25) is 0 Å². The maximum Gasteiger partial charge on any atom is 0.164 e. The number of para-hydroxylation sites is 1. The van der Waals surface area contributed by atoms with Crippen LogP contribution in [-0.4, -0.2) is 90.5 Å². The van der Waals surface area contributed by atoms with Gasteiger partial charge in [-0.05, 0) is 49.2 Å².